The lowest BCUT2D eigenvalue weighted by Crippen LogP contribution is -2.26. The molecule has 0 radical (unpaired) electrons. The van der Waals surface area contributed by atoms with Crippen molar-refractivity contribution in [3.63, 3.8) is 0 Å². The lowest BCUT2D eigenvalue weighted by molar-refractivity contribution is -0.151. The van der Waals surface area contributed by atoms with Crippen LogP contribution in [0.15, 0.2) is 89.6 Å². The third kappa shape index (κ3) is 22.2. The van der Waals surface area contributed by atoms with Crippen molar-refractivity contribution >= 4 is 64.9 Å². The number of unbranched alkanes of at least 4 members (excludes halogenated alkanes) is 1. The highest BCUT2D eigenvalue weighted by atomic mass is 16.6. The maximum atomic E-state index is 13.3. The summed E-state index contributed by atoms with van der Waals surface area (Å²) in [5.74, 6) is -2.88. The molecule has 0 amide bonds. The number of phenols is 1. The van der Waals surface area contributed by atoms with Gasteiger partial charge in [-0.25, -0.2) is 24.0 Å². The first-order valence-corrected chi connectivity index (χ1v) is 25.8. The highest BCUT2D eigenvalue weighted by Crippen LogP contribution is 2.29. The van der Waals surface area contributed by atoms with Gasteiger partial charge in [0.1, 0.15) is 34.1 Å². The number of aromatic hydroxyl groups is 1. The monoisotopic (exact) mass is 1040 g/mol. The molecular formula is C59H81N5O11. The molecule has 16 heteroatoms. The molecule has 2 atom stereocenters. The average molecular weight is 1040 g/mol. The molecule has 4 rings (SSSR count). The molecule has 2 aromatic carbocycles. The van der Waals surface area contributed by atoms with Gasteiger partial charge in [0.2, 0.25) is 5.95 Å². The van der Waals surface area contributed by atoms with E-state index in [0.29, 0.717) is 40.6 Å². The molecule has 1 heterocycles. The van der Waals surface area contributed by atoms with E-state index in [1.54, 1.807) is 42.5 Å². The van der Waals surface area contributed by atoms with Crippen LogP contribution in [0.25, 0.3) is 6.08 Å². The van der Waals surface area contributed by atoms with E-state index >= 15 is 0 Å². The molecule has 1 aliphatic carbocycles. The van der Waals surface area contributed by atoms with E-state index < -0.39 is 29.8 Å². The van der Waals surface area contributed by atoms with Crippen LogP contribution >= 0.6 is 0 Å². The predicted molar refractivity (Wildman–Crippen MR) is 294 cm³/mol. The van der Waals surface area contributed by atoms with E-state index in [1.165, 1.54) is 24.3 Å². The van der Waals surface area contributed by atoms with Crippen molar-refractivity contribution in [1.29, 1.82) is 0 Å². The third-order valence-electron chi connectivity index (χ3n) is 10.9. The molecule has 0 saturated carbocycles. The van der Waals surface area contributed by atoms with Gasteiger partial charge in [0.15, 0.2) is 0 Å². The Bertz CT molecular complexity index is 2520. The van der Waals surface area contributed by atoms with Crippen LogP contribution in [0.5, 0.6) is 5.75 Å². The SMILES string of the molecule is CCCCC(CC)COC(=O)c1ccc(Nc2nc(Nc3ccc(C=C(C(=O)OCC(C)(C)C)C(=O)OCC(C)(C)C)cc3)cc(NC3C=CC(C=C(C(=O)OCC(C)(C)C)C(=O)OCC(C)(C)C)=CC3)n2)cc1O. The second kappa shape index (κ2) is 27.0. The zero-order valence-electron chi connectivity index (χ0n) is 46.7. The van der Waals surface area contributed by atoms with Crippen molar-refractivity contribution in [2.24, 2.45) is 27.6 Å². The summed E-state index contributed by atoms with van der Waals surface area (Å²) in [5, 5.41) is 20.9. The van der Waals surface area contributed by atoms with Gasteiger partial charge in [0, 0.05) is 29.5 Å². The molecule has 0 bridgehead atoms. The average Bonchev–Trinajstić information content (AvgIpc) is 3.32. The molecule has 0 saturated heterocycles. The first-order valence-electron chi connectivity index (χ1n) is 25.8. The Hall–Kier alpha value is -6.97. The van der Waals surface area contributed by atoms with Crippen LogP contribution in [0, 0.1) is 27.6 Å². The van der Waals surface area contributed by atoms with E-state index in [1.807, 2.05) is 95.2 Å². The Kier molecular flexibility index (Phi) is 21.8. The number of ether oxygens (including phenoxy) is 5. The quantitative estimate of drug-likeness (QED) is 0.0228. The topological polar surface area (TPSA) is 214 Å². The number of nitrogens with one attached hydrogen (secondary N) is 3. The standard InChI is InChI=1S/C59H81N5O11/c1-15-17-18-38(16-2)33-71-50(66)44-28-27-43(31-47(44)65)62-55-63-48(60-41-23-19-39(20-24-41)29-45(51(67)72-34-56(3,4)5)52(68)73-35-57(6,7)8)32-49(64-55)61-42-25-21-40(22-26-42)30-46(53(69)74-36-58(9,10)11)54(70)75-37-59(12,13)14/h19-25,27-32,38,42,65H,15-18,26,33-37H2,1-14H3,(H3,60,61,62,63,64). The predicted octanol–water partition coefficient (Wildman–Crippen LogP) is 12.4. The number of hydrogen-bond acceptors (Lipinski definition) is 16. The van der Waals surface area contributed by atoms with Crippen molar-refractivity contribution in [1.82, 2.24) is 9.97 Å². The Morgan fingerprint density at radius 1 is 0.653 bits per heavy atom. The van der Waals surface area contributed by atoms with Crippen molar-refractivity contribution in [2.45, 2.75) is 135 Å². The zero-order valence-corrected chi connectivity index (χ0v) is 46.7. The fourth-order valence-electron chi connectivity index (χ4n) is 6.75. The molecule has 2 unspecified atom stereocenters. The fourth-order valence-corrected chi connectivity index (χ4v) is 6.75. The van der Waals surface area contributed by atoms with E-state index in [4.69, 9.17) is 33.7 Å². The minimum atomic E-state index is -0.786. The summed E-state index contributed by atoms with van der Waals surface area (Å²) in [6, 6.07) is 12.9. The first kappa shape index (κ1) is 60.6. The Balaban J connectivity index is 1.64. The van der Waals surface area contributed by atoms with Gasteiger partial charge in [-0.1, -0.05) is 147 Å². The van der Waals surface area contributed by atoms with Gasteiger partial charge in [-0.2, -0.15) is 9.97 Å². The van der Waals surface area contributed by atoms with Gasteiger partial charge in [-0.15, -0.1) is 0 Å². The number of carbonyl (C=O) groups excluding carboxylic acids is 5. The molecular weight excluding hydrogens is 955 g/mol. The molecule has 1 aromatic heterocycles. The lowest BCUT2D eigenvalue weighted by Gasteiger charge is -2.21. The summed E-state index contributed by atoms with van der Waals surface area (Å²) < 4.78 is 27.7. The summed E-state index contributed by atoms with van der Waals surface area (Å²) in [6.45, 7) is 28.0. The van der Waals surface area contributed by atoms with Crippen LogP contribution in [-0.4, -0.2) is 84.0 Å². The minimum absolute atomic E-state index is 0.0284. The Labute approximate surface area is 444 Å². The molecule has 4 N–H and O–H groups in total. The van der Waals surface area contributed by atoms with E-state index in [-0.39, 0.29) is 95.1 Å². The van der Waals surface area contributed by atoms with E-state index in [2.05, 4.69) is 29.8 Å². The Morgan fingerprint density at radius 3 is 1.63 bits per heavy atom. The largest absolute Gasteiger partial charge is 0.507 e. The van der Waals surface area contributed by atoms with Gasteiger partial charge in [-0.3, -0.25) is 0 Å². The maximum Gasteiger partial charge on any atom is 0.345 e. The van der Waals surface area contributed by atoms with Gasteiger partial charge in [0.25, 0.3) is 0 Å². The molecule has 1 aliphatic rings. The van der Waals surface area contributed by atoms with Crippen molar-refractivity contribution < 1.29 is 52.8 Å². The smallest absolute Gasteiger partial charge is 0.345 e. The van der Waals surface area contributed by atoms with Gasteiger partial charge < -0.3 is 44.7 Å². The number of aromatic nitrogens is 2. The Morgan fingerprint density at radius 2 is 1.16 bits per heavy atom. The number of benzene rings is 2. The highest BCUT2D eigenvalue weighted by Gasteiger charge is 2.28. The second-order valence-corrected chi connectivity index (χ2v) is 23.8. The normalized spacial score (nSPS) is 14.1. The number of allylic oxidation sites excluding steroid dienone is 3. The molecule has 0 spiro atoms. The van der Waals surface area contributed by atoms with Crippen LogP contribution in [-0.2, 0) is 42.9 Å². The highest BCUT2D eigenvalue weighted by molar-refractivity contribution is 6.17. The van der Waals surface area contributed by atoms with Crippen LogP contribution in [0.4, 0.5) is 29.0 Å². The molecule has 0 fully saturated rings. The molecule has 408 valence electrons. The molecule has 0 aliphatic heterocycles. The van der Waals surface area contributed by atoms with Gasteiger partial charge in [0.05, 0.1) is 33.0 Å². The third-order valence-corrected chi connectivity index (χ3v) is 10.9. The van der Waals surface area contributed by atoms with Gasteiger partial charge in [-0.05, 0) is 88.0 Å². The summed E-state index contributed by atoms with van der Waals surface area (Å²) in [4.78, 5) is 75.5. The fraction of sp³-hybridized carbons (Fsp3) is 0.508. The van der Waals surface area contributed by atoms with Crippen LogP contribution in [0.3, 0.4) is 0 Å². The van der Waals surface area contributed by atoms with Gasteiger partial charge >= 0.3 is 29.8 Å². The van der Waals surface area contributed by atoms with E-state index in [0.717, 1.165) is 25.7 Å². The zero-order chi connectivity index (χ0) is 55.7. The maximum absolute atomic E-state index is 13.3. The number of hydrogen-bond donors (Lipinski definition) is 4. The van der Waals surface area contributed by atoms with Crippen LogP contribution in [0.2, 0.25) is 0 Å². The first-order chi connectivity index (χ1) is 35.0. The summed E-state index contributed by atoms with van der Waals surface area (Å²) in [7, 11) is 0. The number of carbonyl (C=O) groups is 5. The van der Waals surface area contributed by atoms with E-state index in [9.17, 15) is 29.1 Å². The van der Waals surface area contributed by atoms with Crippen molar-refractivity contribution in [3.05, 3.63) is 101 Å². The lowest BCUT2D eigenvalue weighted by atomic mass is 9.98. The molecule has 75 heavy (non-hydrogen) atoms. The number of phenolic OH excluding ortho intramolecular Hbond substituents is 1. The molecule has 3 aromatic rings. The number of rotatable bonds is 23. The van der Waals surface area contributed by atoms with Crippen LogP contribution < -0.4 is 16.0 Å². The van der Waals surface area contributed by atoms with Crippen molar-refractivity contribution in [2.75, 3.05) is 49.0 Å². The number of esters is 5. The summed E-state index contributed by atoms with van der Waals surface area (Å²) in [5.41, 5.74) is 0.441. The van der Waals surface area contributed by atoms with Crippen molar-refractivity contribution in [3.8, 4) is 5.75 Å². The second-order valence-electron chi connectivity index (χ2n) is 23.8. The number of nitrogens with zero attached hydrogens (tertiary/aromatic N) is 2. The summed E-state index contributed by atoms with van der Waals surface area (Å²) in [6.07, 6.45) is 12.8. The number of anilines is 5. The van der Waals surface area contributed by atoms with Crippen LogP contribution in [0.1, 0.15) is 145 Å². The molecule has 16 nitrogen and oxygen atoms in total. The summed E-state index contributed by atoms with van der Waals surface area (Å²) >= 11 is 0. The minimum Gasteiger partial charge on any atom is -0.507 e.